The van der Waals surface area contributed by atoms with Crippen LogP contribution in [0.3, 0.4) is 0 Å². The number of anilines is 1. The molecule has 29 heavy (non-hydrogen) atoms. The number of allylic oxidation sites excluding steroid dienone is 1. The van der Waals surface area contributed by atoms with Crippen LogP contribution in [0, 0.1) is 17.5 Å². The van der Waals surface area contributed by atoms with E-state index < -0.39 is 23.4 Å². The Hall–Kier alpha value is -2.59. The molecule has 0 saturated carbocycles. The molecule has 150 valence electrons. The molecule has 1 heterocycles. The van der Waals surface area contributed by atoms with Gasteiger partial charge in [0.05, 0.1) is 17.0 Å². The van der Waals surface area contributed by atoms with Crippen LogP contribution in [0.2, 0.25) is 0 Å². The molecule has 0 atom stereocenters. The van der Waals surface area contributed by atoms with Crippen LogP contribution in [0.1, 0.15) is 0 Å². The van der Waals surface area contributed by atoms with Gasteiger partial charge in [0.25, 0.3) is 0 Å². The summed E-state index contributed by atoms with van der Waals surface area (Å²) in [7, 11) is 0. The van der Waals surface area contributed by atoms with Gasteiger partial charge < -0.3 is 5.32 Å². The molecule has 0 fully saturated rings. The summed E-state index contributed by atoms with van der Waals surface area (Å²) in [6.07, 6.45) is 1.60. The van der Waals surface area contributed by atoms with Crippen LogP contribution < -0.4 is 5.32 Å². The lowest BCUT2D eigenvalue weighted by Crippen LogP contribution is -2.16. The molecule has 0 saturated heterocycles. The van der Waals surface area contributed by atoms with Gasteiger partial charge in [-0.25, -0.2) is 13.2 Å². The molecule has 0 spiro atoms. The number of carbonyl (C=O) groups is 1. The molecule has 2 aromatic carbocycles. The number of nitrogens with zero attached hydrogens (tertiary/aromatic N) is 3. The maximum absolute atomic E-state index is 14.1. The average Bonchev–Trinajstić information content (AvgIpc) is 3.06. The average molecular weight is 483 g/mol. The Morgan fingerprint density at radius 1 is 1.21 bits per heavy atom. The van der Waals surface area contributed by atoms with Crippen molar-refractivity contribution in [3.05, 3.63) is 71.0 Å². The summed E-state index contributed by atoms with van der Waals surface area (Å²) < 4.78 is 42.9. The van der Waals surface area contributed by atoms with Gasteiger partial charge in [-0.1, -0.05) is 30.0 Å². The molecular weight excluding hydrogens is 469 g/mol. The Bertz CT molecular complexity index is 1050. The number of benzene rings is 2. The Morgan fingerprint density at radius 3 is 2.66 bits per heavy atom. The van der Waals surface area contributed by atoms with Crippen molar-refractivity contribution >= 4 is 39.3 Å². The number of hydrogen-bond acceptors (Lipinski definition) is 4. The van der Waals surface area contributed by atoms with Gasteiger partial charge >= 0.3 is 0 Å². The summed E-state index contributed by atoms with van der Waals surface area (Å²) in [5.74, 6) is -2.45. The molecule has 10 heteroatoms. The van der Waals surface area contributed by atoms with Gasteiger partial charge in [0, 0.05) is 17.1 Å². The third-order valence-electron chi connectivity index (χ3n) is 3.75. The van der Waals surface area contributed by atoms with E-state index in [1.54, 1.807) is 28.8 Å². The van der Waals surface area contributed by atoms with Gasteiger partial charge in [0.15, 0.2) is 16.8 Å². The van der Waals surface area contributed by atoms with Crippen molar-refractivity contribution in [3.63, 3.8) is 0 Å². The highest BCUT2D eigenvalue weighted by atomic mass is 79.9. The van der Waals surface area contributed by atoms with Gasteiger partial charge in [-0.15, -0.1) is 16.8 Å². The number of thioether (sulfide) groups is 1. The Balaban J connectivity index is 1.76. The van der Waals surface area contributed by atoms with E-state index in [0.29, 0.717) is 23.6 Å². The highest BCUT2D eigenvalue weighted by Crippen LogP contribution is 2.28. The summed E-state index contributed by atoms with van der Waals surface area (Å²) in [5.41, 5.74) is 0.118. The van der Waals surface area contributed by atoms with Crippen LogP contribution >= 0.6 is 27.7 Å². The zero-order valence-corrected chi connectivity index (χ0v) is 17.2. The fraction of sp³-hybridized carbons (Fsp3) is 0.105. The molecule has 1 amide bonds. The Morgan fingerprint density at radius 2 is 1.97 bits per heavy atom. The molecule has 0 aliphatic carbocycles. The van der Waals surface area contributed by atoms with Crippen molar-refractivity contribution in [1.29, 1.82) is 0 Å². The van der Waals surface area contributed by atoms with Crippen molar-refractivity contribution < 1.29 is 18.0 Å². The van der Waals surface area contributed by atoms with E-state index in [1.807, 2.05) is 0 Å². The minimum Gasteiger partial charge on any atom is -0.322 e. The lowest BCUT2D eigenvalue weighted by molar-refractivity contribution is -0.113. The van der Waals surface area contributed by atoms with E-state index in [-0.39, 0.29) is 21.5 Å². The molecule has 5 nitrogen and oxygen atoms in total. The predicted molar refractivity (Wildman–Crippen MR) is 109 cm³/mol. The maximum Gasteiger partial charge on any atom is 0.234 e. The smallest absolute Gasteiger partial charge is 0.234 e. The second kappa shape index (κ2) is 9.27. The zero-order chi connectivity index (χ0) is 21.0. The monoisotopic (exact) mass is 482 g/mol. The number of hydrogen-bond donors (Lipinski definition) is 1. The second-order valence-corrected chi connectivity index (χ2v) is 7.56. The minimum absolute atomic E-state index is 0.0880. The molecule has 3 aromatic rings. The second-order valence-electron chi connectivity index (χ2n) is 5.77. The summed E-state index contributed by atoms with van der Waals surface area (Å²) in [6, 6.07) is 7.87. The van der Waals surface area contributed by atoms with Crippen LogP contribution in [-0.4, -0.2) is 26.4 Å². The summed E-state index contributed by atoms with van der Waals surface area (Å²) >= 11 is 4.06. The van der Waals surface area contributed by atoms with Gasteiger partial charge in [-0.3, -0.25) is 9.36 Å². The first-order valence-electron chi connectivity index (χ1n) is 8.27. The molecule has 3 rings (SSSR count). The predicted octanol–water partition coefficient (Wildman–Crippen LogP) is 5.04. The fourth-order valence-electron chi connectivity index (χ4n) is 2.50. The van der Waals surface area contributed by atoms with Crippen molar-refractivity contribution in [3.8, 4) is 11.4 Å². The van der Waals surface area contributed by atoms with Gasteiger partial charge in [0.1, 0.15) is 11.6 Å². The van der Waals surface area contributed by atoms with E-state index in [1.165, 1.54) is 6.07 Å². The van der Waals surface area contributed by atoms with Crippen molar-refractivity contribution in [2.24, 2.45) is 0 Å². The first-order valence-corrected chi connectivity index (χ1v) is 10.0. The fourth-order valence-corrected chi connectivity index (χ4v) is 3.75. The summed E-state index contributed by atoms with van der Waals surface area (Å²) in [5, 5.41) is 10.8. The van der Waals surface area contributed by atoms with E-state index in [0.717, 1.165) is 17.8 Å². The Kier molecular flexibility index (Phi) is 6.75. The molecule has 0 radical (unpaired) electrons. The summed E-state index contributed by atoms with van der Waals surface area (Å²) in [6.45, 7) is 3.98. The number of halogens is 4. The minimum atomic E-state index is -0.896. The molecule has 0 aliphatic rings. The topological polar surface area (TPSA) is 59.8 Å². The largest absolute Gasteiger partial charge is 0.322 e. The van der Waals surface area contributed by atoms with Crippen LogP contribution in [0.15, 0.2) is 58.7 Å². The standard InChI is InChI=1S/C19H14BrF3N4OS/c1-2-7-27-18(12-5-3-4-6-14(12)22)25-26-19(27)29-10-16(28)24-17-13(20)8-11(21)9-15(17)23/h2-6,8-9H,1,7,10H2,(H,24,28). The van der Waals surface area contributed by atoms with Crippen LogP contribution in [0.5, 0.6) is 0 Å². The lowest BCUT2D eigenvalue weighted by atomic mass is 10.2. The lowest BCUT2D eigenvalue weighted by Gasteiger charge is -2.10. The highest BCUT2D eigenvalue weighted by molar-refractivity contribution is 9.10. The van der Waals surface area contributed by atoms with Crippen molar-refractivity contribution in [2.45, 2.75) is 11.7 Å². The Labute approximate surface area is 177 Å². The number of amides is 1. The van der Waals surface area contributed by atoms with Gasteiger partial charge in [-0.2, -0.15) is 0 Å². The molecule has 1 aromatic heterocycles. The molecule has 0 bridgehead atoms. The highest BCUT2D eigenvalue weighted by Gasteiger charge is 2.18. The normalized spacial score (nSPS) is 10.8. The molecule has 1 N–H and O–H groups in total. The van der Waals surface area contributed by atoms with Crippen molar-refractivity contribution in [1.82, 2.24) is 14.8 Å². The first kappa shape index (κ1) is 21.1. The van der Waals surface area contributed by atoms with Crippen LogP contribution in [-0.2, 0) is 11.3 Å². The summed E-state index contributed by atoms with van der Waals surface area (Å²) in [4.78, 5) is 12.2. The quantitative estimate of drug-likeness (QED) is 0.378. The van der Waals surface area contributed by atoms with Crippen molar-refractivity contribution in [2.75, 3.05) is 11.1 Å². The number of carbonyl (C=O) groups excluding carboxylic acids is 1. The third-order valence-corrected chi connectivity index (χ3v) is 5.34. The van der Waals surface area contributed by atoms with E-state index in [9.17, 15) is 18.0 Å². The molecule has 0 unspecified atom stereocenters. The van der Waals surface area contributed by atoms with E-state index in [2.05, 4.69) is 38.0 Å². The molecular formula is C19H14BrF3N4OS. The molecule has 0 aliphatic heterocycles. The zero-order valence-electron chi connectivity index (χ0n) is 14.8. The number of nitrogens with one attached hydrogen (secondary N) is 1. The maximum atomic E-state index is 14.1. The first-order chi connectivity index (χ1) is 13.9. The third kappa shape index (κ3) is 4.88. The van der Waals surface area contributed by atoms with Gasteiger partial charge in [-0.05, 0) is 34.1 Å². The van der Waals surface area contributed by atoms with Crippen LogP contribution in [0.25, 0.3) is 11.4 Å². The number of rotatable bonds is 7. The SMILES string of the molecule is C=CCn1c(SCC(=O)Nc2c(F)cc(F)cc2Br)nnc1-c1ccccc1F. The van der Waals surface area contributed by atoms with Gasteiger partial charge in [0.2, 0.25) is 5.91 Å². The van der Waals surface area contributed by atoms with E-state index >= 15 is 0 Å². The van der Waals surface area contributed by atoms with E-state index in [4.69, 9.17) is 0 Å². The van der Waals surface area contributed by atoms with Crippen LogP contribution in [0.4, 0.5) is 18.9 Å². The number of aromatic nitrogens is 3.